The van der Waals surface area contributed by atoms with Crippen molar-refractivity contribution in [1.29, 1.82) is 0 Å². The molecule has 1 N–H and O–H groups in total. The predicted octanol–water partition coefficient (Wildman–Crippen LogP) is 3.21. The van der Waals surface area contributed by atoms with E-state index in [4.69, 9.17) is 0 Å². The minimum Gasteiger partial charge on any atom is -0.372 e. The molecule has 1 aromatic rings. The fraction of sp³-hybridized carbons (Fsp3) is 0.667. The summed E-state index contributed by atoms with van der Waals surface area (Å²) < 4.78 is 0. The second-order valence-corrected chi connectivity index (χ2v) is 6.46. The molecule has 1 aromatic carbocycles. The van der Waals surface area contributed by atoms with Gasteiger partial charge in [0.25, 0.3) is 0 Å². The van der Waals surface area contributed by atoms with Crippen LogP contribution in [0, 0.1) is 11.8 Å². The first-order chi connectivity index (χ1) is 10.1. The number of anilines is 2. The Morgan fingerprint density at radius 3 is 2.00 bits per heavy atom. The molecule has 0 spiro atoms. The van der Waals surface area contributed by atoms with E-state index in [1.165, 1.54) is 11.4 Å². The Balaban J connectivity index is 2.11. The van der Waals surface area contributed by atoms with Gasteiger partial charge in [-0.2, -0.15) is 0 Å². The minimum atomic E-state index is 0.694. The molecule has 0 amide bonds. The summed E-state index contributed by atoms with van der Waals surface area (Å²) in [6.45, 7) is 15.8. The molecule has 1 fully saturated rings. The lowest BCUT2D eigenvalue weighted by Crippen LogP contribution is -2.42. The van der Waals surface area contributed by atoms with Gasteiger partial charge in [0.05, 0.1) is 0 Å². The van der Waals surface area contributed by atoms with Crippen LogP contribution in [0.3, 0.4) is 0 Å². The molecule has 0 saturated carbocycles. The van der Waals surface area contributed by atoms with Crippen LogP contribution in [-0.4, -0.2) is 39.3 Å². The van der Waals surface area contributed by atoms with Crippen molar-refractivity contribution >= 4 is 11.4 Å². The lowest BCUT2D eigenvalue weighted by atomic mass is 10.0. The van der Waals surface area contributed by atoms with E-state index >= 15 is 0 Å². The third-order valence-corrected chi connectivity index (χ3v) is 4.39. The molecule has 1 aliphatic heterocycles. The van der Waals surface area contributed by atoms with Gasteiger partial charge in [-0.05, 0) is 63.0 Å². The second kappa shape index (κ2) is 7.69. The highest BCUT2D eigenvalue weighted by Gasteiger charge is 2.17. The molecule has 2 atom stereocenters. The normalized spacial score (nSPS) is 23.5. The standard InChI is InChI=1S/C18H31N3/c1-5-20(6-2)17-7-9-18(10-8-17)21-13-15(3)11-19-12-16(4)14-21/h7-10,15-16,19H,5-6,11-14H2,1-4H3. The maximum absolute atomic E-state index is 3.56. The fourth-order valence-electron chi connectivity index (χ4n) is 3.21. The largest absolute Gasteiger partial charge is 0.372 e. The summed E-state index contributed by atoms with van der Waals surface area (Å²) in [6, 6.07) is 9.13. The Kier molecular flexibility index (Phi) is 5.92. The number of benzene rings is 1. The van der Waals surface area contributed by atoms with Gasteiger partial charge in [-0.3, -0.25) is 0 Å². The first kappa shape index (κ1) is 16.2. The second-order valence-electron chi connectivity index (χ2n) is 6.46. The Morgan fingerprint density at radius 1 is 1.00 bits per heavy atom. The van der Waals surface area contributed by atoms with E-state index in [0.29, 0.717) is 11.8 Å². The van der Waals surface area contributed by atoms with Crippen LogP contribution in [0.4, 0.5) is 11.4 Å². The van der Waals surface area contributed by atoms with Crippen LogP contribution in [0.2, 0.25) is 0 Å². The first-order valence-electron chi connectivity index (χ1n) is 8.44. The molecule has 3 nitrogen and oxygen atoms in total. The molecule has 3 heteroatoms. The zero-order chi connectivity index (χ0) is 15.2. The Bertz CT molecular complexity index is 399. The number of hydrogen-bond acceptors (Lipinski definition) is 3. The number of rotatable bonds is 4. The molecule has 2 rings (SSSR count). The predicted molar refractivity (Wildman–Crippen MR) is 93.4 cm³/mol. The zero-order valence-electron chi connectivity index (χ0n) is 14.1. The molecule has 0 aliphatic carbocycles. The van der Waals surface area contributed by atoms with Gasteiger partial charge in [-0.1, -0.05) is 13.8 Å². The molecule has 2 unspecified atom stereocenters. The molecule has 21 heavy (non-hydrogen) atoms. The fourth-order valence-corrected chi connectivity index (χ4v) is 3.21. The topological polar surface area (TPSA) is 18.5 Å². The van der Waals surface area contributed by atoms with E-state index in [1.807, 2.05) is 0 Å². The maximum atomic E-state index is 3.56. The molecule has 1 aliphatic rings. The van der Waals surface area contributed by atoms with Gasteiger partial charge in [0.2, 0.25) is 0 Å². The van der Waals surface area contributed by atoms with Crippen molar-refractivity contribution in [3.63, 3.8) is 0 Å². The summed E-state index contributed by atoms with van der Waals surface area (Å²) >= 11 is 0. The smallest absolute Gasteiger partial charge is 0.0367 e. The van der Waals surface area contributed by atoms with Gasteiger partial charge in [-0.15, -0.1) is 0 Å². The SMILES string of the molecule is CCN(CC)c1ccc(N2CC(C)CNCC(C)C2)cc1. The average Bonchev–Trinajstić information content (AvgIpc) is 2.47. The van der Waals surface area contributed by atoms with Crippen molar-refractivity contribution in [2.45, 2.75) is 27.7 Å². The molecular formula is C18H31N3. The highest BCUT2D eigenvalue weighted by Crippen LogP contribution is 2.23. The minimum absolute atomic E-state index is 0.694. The maximum Gasteiger partial charge on any atom is 0.0367 e. The summed E-state index contributed by atoms with van der Waals surface area (Å²) in [5.74, 6) is 1.39. The van der Waals surface area contributed by atoms with Crippen LogP contribution >= 0.6 is 0 Å². The van der Waals surface area contributed by atoms with Crippen LogP contribution in [0.25, 0.3) is 0 Å². The third kappa shape index (κ3) is 4.37. The molecule has 0 radical (unpaired) electrons. The van der Waals surface area contributed by atoms with Gasteiger partial charge in [0.1, 0.15) is 0 Å². The van der Waals surface area contributed by atoms with Crippen LogP contribution in [-0.2, 0) is 0 Å². The van der Waals surface area contributed by atoms with Crippen LogP contribution in [0.1, 0.15) is 27.7 Å². The highest BCUT2D eigenvalue weighted by atomic mass is 15.1. The van der Waals surface area contributed by atoms with Crippen molar-refractivity contribution in [2.24, 2.45) is 11.8 Å². The molecule has 118 valence electrons. The van der Waals surface area contributed by atoms with Crippen molar-refractivity contribution in [3.8, 4) is 0 Å². The molecule has 1 saturated heterocycles. The van der Waals surface area contributed by atoms with Crippen molar-refractivity contribution < 1.29 is 0 Å². The van der Waals surface area contributed by atoms with Crippen LogP contribution in [0.5, 0.6) is 0 Å². The summed E-state index contributed by atoms with van der Waals surface area (Å²) in [5.41, 5.74) is 2.70. The molecule has 1 heterocycles. The molecule has 0 bridgehead atoms. The van der Waals surface area contributed by atoms with Crippen molar-refractivity contribution in [2.75, 3.05) is 49.1 Å². The Labute approximate surface area is 130 Å². The van der Waals surface area contributed by atoms with E-state index in [9.17, 15) is 0 Å². The van der Waals surface area contributed by atoms with Crippen LogP contribution in [0.15, 0.2) is 24.3 Å². The molecule has 0 aromatic heterocycles. The molecular weight excluding hydrogens is 258 g/mol. The monoisotopic (exact) mass is 289 g/mol. The quantitative estimate of drug-likeness (QED) is 0.918. The Morgan fingerprint density at radius 2 is 1.52 bits per heavy atom. The number of nitrogens with zero attached hydrogens (tertiary/aromatic N) is 2. The average molecular weight is 289 g/mol. The van der Waals surface area contributed by atoms with Crippen molar-refractivity contribution in [1.82, 2.24) is 5.32 Å². The van der Waals surface area contributed by atoms with E-state index in [0.717, 1.165) is 39.3 Å². The lowest BCUT2D eigenvalue weighted by molar-refractivity contribution is 0.410. The van der Waals surface area contributed by atoms with Gasteiger partial charge in [0, 0.05) is 37.6 Å². The summed E-state index contributed by atoms with van der Waals surface area (Å²) in [5, 5.41) is 3.56. The third-order valence-electron chi connectivity index (χ3n) is 4.39. The summed E-state index contributed by atoms with van der Waals surface area (Å²) in [4.78, 5) is 4.95. The van der Waals surface area contributed by atoms with Gasteiger partial charge >= 0.3 is 0 Å². The van der Waals surface area contributed by atoms with Crippen molar-refractivity contribution in [3.05, 3.63) is 24.3 Å². The van der Waals surface area contributed by atoms with Gasteiger partial charge in [-0.25, -0.2) is 0 Å². The lowest BCUT2D eigenvalue weighted by Gasteiger charge is -2.34. The number of hydrogen-bond donors (Lipinski definition) is 1. The zero-order valence-corrected chi connectivity index (χ0v) is 14.1. The van der Waals surface area contributed by atoms with Crippen LogP contribution < -0.4 is 15.1 Å². The van der Waals surface area contributed by atoms with Gasteiger partial charge in [0.15, 0.2) is 0 Å². The highest BCUT2D eigenvalue weighted by molar-refractivity contribution is 5.56. The van der Waals surface area contributed by atoms with E-state index in [-0.39, 0.29) is 0 Å². The number of nitrogens with one attached hydrogen (secondary N) is 1. The van der Waals surface area contributed by atoms with E-state index in [1.54, 1.807) is 0 Å². The van der Waals surface area contributed by atoms with E-state index < -0.39 is 0 Å². The van der Waals surface area contributed by atoms with Gasteiger partial charge < -0.3 is 15.1 Å². The summed E-state index contributed by atoms with van der Waals surface area (Å²) in [7, 11) is 0. The summed E-state index contributed by atoms with van der Waals surface area (Å²) in [6.07, 6.45) is 0. The Hall–Kier alpha value is -1.22. The first-order valence-corrected chi connectivity index (χ1v) is 8.44. The van der Waals surface area contributed by atoms with E-state index in [2.05, 4.69) is 67.1 Å².